The number of carbonyl (C=O) groups is 1. The van der Waals surface area contributed by atoms with E-state index in [9.17, 15) is 4.79 Å². The van der Waals surface area contributed by atoms with Crippen LogP contribution in [-0.2, 0) is 0 Å². The van der Waals surface area contributed by atoms with Gasteiger partial charge in [-0.3, -0.25) is 4.79 Å². The summed E-state index contributed by atoms with van der Waals surface area (Å²) in [6, 6.07) is 11.0. The molecule has 1 aromatic heterocycles. The van der Waals surface area contributed by atoms with E-state index in [0.717, 1.165) is 28.9 Å². The normalized spacial score (nSPS) is 32.4. The Kier molecular flexibility index (Phi) is 4.00. The molecule has 5 aliphatic carbocycles. The average Bonchev–Trinajstić information content (AvgIpc) is 3.48. The van der Waals surface area contributed by atoms with E-state index in [2.05, 4.69) is 34.5 Å². The van der Waals surface area contributed by atoms with Crippen LogP contribution in [0.15, 0.2) is 36.5 Å². The van der Waals surface area contributed by atoms with Crippen LogP contribution in [0.25, 0.3) is 5.69 Å². The van der Waals surface area contributed by atoms with Gasteiger partial charge in [0.15, 0.2) is 0 Å². The number of para-hydroxylation sites is 1. The first-order valence-electron chi connectivity index (χ1n) is 11.3. The Bertz CT molecular complexity index is 888. The van der Waals surface area contributed by atoms with Gasteiger partial charge in [0.05, 0.1) is 11.9 Å². The van der Waals surface area contributed by atoms with Gasteiger partial charge in [-0.2, -0.15) is 5.10 Å². The summed E-state index contributed by atoms with van der Waals surface area (Å²) in [5.74, 6) is 4.20. The number of rotatable bonds is 5. The monoisotopic (exact) mass is 390 g/mol. The summed E-state index contributed by atoms with van der Waals surface area (Å²) in [5.41, 5.74) is 1.72. The van der Waals surface area contributed by atoms with Crippen LogP contribution >= 0.6 is 0 Å². The van der Waals surface area contributed by atoms with E-state index in [-0.39, 0.29) is 5.91 Å². The van der Waals surface area contributed by atoms with Crippen LogP contribution < -0.4 is 10.2 Å². The third kappa shape index (κ3) is 2.97. The van der Waals surface area contributed by atoms with Crippen molar-refractivity contribution in [1.82, 2.24) is 15.1 Å². The van der Waals surface area contributed by atoms with Gasteiger partial charge in [0.25, 0.3) is 5.91 Å². The van der Waals surface area contributed by atoms with E-state index in [1.54, 1.807) is 6.20 Å². The highest BCUT2D eigenvalue weighted by Crippen LogP contribution is 2.53. The number of carbonyl (C=O) groups excluding carboxylic acids is 1. The van der Waals surface area contributed by atoms with E-state index in [0.29, 0.717) is 23.9 Å². The number of hydrogen-bond acceptors (Lipinski definition) is 3. The van der Waals surface area contributed by atoms with Crippen molar-refractivity contribution in [1.29, 1.82) is 0 Å². The number of benzene rings is 1. The highest BCUT2D eigenvalue weighted by molar-refractivity contribution is 5.99. The molecule has 0 aliphatic heterocycles. The molecule has 152 valence electrons. The van der Waals surface area contributed by atoms with Gasteiger partial charge in [0.2, 0.25) is 0 Å². The third-order valence-electron chi connectivity index (χ3n) is 7.94. The number of nitrogens with zero attached hydrogens (tertiary/aromatic N) is 3. The van der Waals surface area contributed by atoms with Gasteiger partial charge in [-0.25, -0.2) is 4.68 Å². The maximum atomic E-state index is 13.5. The molecule has 1 N–H and O–H groups in total. The maximum Gasteiger partial charge on any atom is 0.256 e. The van der Waals surface area contributed by atoms with Crippen molar-refractivity contribution in [2.24, 2.45) is 23.7 Å². The van der Waals surface area contributed by atoms with Gasteiger partial charge in [0, 0.05) is 19.1 Å². The zero-order valence-corrected chi connectivity index (χ0v) is 17.1. The molecule has 1 amide bonds. The molecule has 1 heterocycles. The number of nitrogens with one attached hydrogen (secondary N) is 1. The summed E-state index contributed by atoms with van der Waals surface area (Å²) in [6.45, 7) is 0. The second-order valence-electron chi connectivity index (χ2n) is 9.90. The summed E-state index contributed by atoms with van der Waals surface area (Å²) in [7, 11) is 2.10. The minimum absolute atomic E-state index is 0.0622. The molecule has 5 saturated carbocycles. The van der Waals surface area contributed by atoms with Crippen LogP contribution in [0.1, 0.15) is 55.3 Å². The predicted octanol–water partition coefficient (Wildman–Crippen LogP) is 4.03. The lowest BCUT2D eigenvalue weighted by Crippen LogP contribution is -2.55. The van der Waals surface area contributed by atoms with Crippen molar-refractivity contribution in [3.8, 4) is 5.69 Å². The van der Waals surface area contributed by atoms with Crippen LogP contribution in [0.3, 0.4) is 0 Å². The lowest BCUT2D eigenvalue weighted by atomic mass is 9.54. The molecular formula is C24H30N4O. The van der Waals surface area contributed by atoms with Gasteiger partial charge in [0.1, 0.15) is 11.4 Å². The second-order valence-corrected chi connectivity index (χ2v) is 9.90. The average molecular weight is 391 g/mol. The first-order valence-corrected chi connectivity index (χ1v) is 11.3. The van der Waals surface area contributed by atoms with Crippen molar-refractivity contribution in [3.05, 3.63) is 42.1 Å². The summed E-state index contributed by atoms with van der Waals surface area (Å²) in [5, 5.41) is 8.12. The summed E-state index contributed by atoms with van der Waals surface area (Å²) >= 11 is 0. The van der Waals surface area contributed by atoms with Gasteiger partial charge in [-0.1, -0.05) is 18.2 Å². The van der Waals surface area contributed by atoms with E-state index in [1.807, 2.05) is 22.9 Å². The summed E-state index contributed by atoms with van der Waals surface area (Å²) < 4.78 is 1.93. The van der Waals surface area contributed by atoms with Crippen molar-refractivity contribution in [3.63, 3.8) is 0 Å². The molecule has 5 fully saturated rings. The fraction of sp³-hybridized carbons (Fsp3) is 0.583. The topological polar surface area (TPSA) is 50.2 Å². The number of hydrogen-bond donors (Lipinski definition) is 1. The van der Waals surface area contributed by atoms with Crippen LogP contribution in [0.4, 0.5) is 5.82 Å². The Hall–Kier alpha value is -2.30. The molecule has 1 aromatic carbocycles. The molecular weight excluding hydrogens is 360 g/mol. The fourth-order valence-electron chi connectivity index (χ4n) is 6.62. The minimum Gasteiger partial charge on any atom is -0.356 e. The molecule has 4 bridgehead atoms. The number of anilines is 1. The number of aromatic nitrogens is 2. The smallest absolute Gasteiger partial charge is 0.256 e. The Labute approximate surface area is 172 Å². The Balaban J connectivity index is 1.30. The highest BCUT2D eigenvalue weighted by atomic mass is 16.1. The molecule has 0 atom stereocenters. The van der Waals surface area contributed by atoms with Crippen molar-refractivity contribution >= 4 is 11.7 Å². The van der Waals surface area contributed by atoms with Crippen LogP contribution in [0.2, 0.25) is 0 Å². The molecule has 2 aromatic rings. The molecule has 5 aliphatic rings. The molecule has 0 radical (unpaired) electrons. The predicted molar refractivity (Wildman–Crippen MR) is 113 cm³/mol. The lowest BCUT2D eigenvalue weighted by Gasteiger charge is -2.54. The van der Waals surface area contributed by atoms with Crippen LogP contribution in [0, 0.1) is 23.7 Å². The fourth-order valence-corrected chi connectivity index (χ4v) is 6.62. The van der Waals surface area contributed by atoms with E-state index < -0.39 is 0 Å². The van der Waals surface area contributed by atoms with Crippen molar-refractivity contribution in [2.45, 2.75) is 57.0 Å². The van der Waals surface area contributed by atoms with E-state index in [4.69, 9.17) is 0 Å². The van der Waals surface area contributed by atoms with E-state index >= 15 is 0 Å². The largest absolute Gasteiger partial charge is 0.356 e. The summed E-state index contributed by atoms with van der Waals surface area (Å²) in [6.07, 6.45) is 10.8. The van der Waals surface area contributed by atoms with Gasteiger partial charge in [-0.05, 0) is 80.8 Å². The third-order valence-corrected chi connectivity index (χ3v) is 7.94. The lowest BCUT2D eigenvalue weighted by molar-refractivity contribution is -0.0119. The molecule has 7 rings (SSSR count). The first-order chi connectivity index (χ1) is 14.2. The van der Waals surface area contributed by atoms with Crippen LogP contribution in [0.5, 0.6) is 0 Å². The molecule has 5 heteroatoms. The zero-order chi connectivity index (χ0) is 19.5. The Morgan fingerprint density at radius 2 is 1.69 bits per heavy atom. The van der Waals surface area contributed by atoms with Crippen molar-refractivity contribution < 1.29 is 4.79 Å². The molecule has 5 nitrogen and oxygen atoms in total. The van der Waals surface area contributed by atoms with Crippen LogP contribution in [-0.4, -0.2) is 34.8 Å². The highest BCUT2D eigenvalue weighted by Gasteiger charge is 2.49. The Morgan fingerprint density at radius 3 is 2.31 bits per heavy atom. The molecule has 29 heavy (non-hydrogen) atoms. The molecule has 0 spiro atoms. The zero-order valence-electron chi connectivity index (χ0n) is 17.1. The quantitative estimate of drug-likeness (QED) is 0.839. The Morgan fingerprint density at radius 1 is 1.03 bits per heavy atom. The minimum atomic E-state index is 0.0622. The molecule has 0 saturated heterocycles. The maximum absolute atomic E-state index is 13.5. The van der Waals surface area contributed by atoms with Crippen molar-refractivity contribution in [2.75, 3.05) is 11.9 Å². The summed E-state index contributed by atoms with van der Waals surface area (Å²) in [4.78, 5) is 15.7. The van der Waals surface area contributed by atoms with Gasteiger partial charge >= 0.3 is 0 Å². The SMILES string of the molecule is CN(c1c(C(=O)NC2C3CC4CC(C3)CC2C4)cnn1-c1ccccc1)C1CC1. The first kappa shape index (κ1) is 17.5. The number of amides is 1. The van der Waals surface area contributed by atoms with Gasteiger partial charge in [-0.15, -0.1) is 0 Å². The molecule has 0 unspecified atom stereocenters. The second kappa shape index (κ2) is 6.61. The van der Waals surface area contributed by atoms with Gasteiger partial charge < -0.3 is 10.2 Å². The standard InChI is InChI=1S/C24H30N4O/c1-27(19-7-8-19)24-21(14-25-28(24)20-5-3-2-4-6-20)23(29)26-22-17-10-15-9-16(12-17)13-18(22)11-15/h2-6,14-19,22H,7-13H2,1H3,(H,26,29). The van der Waals surface area contributed by atoms with E-state index in [1.165, 1.54) is 44.9 Å².